The molecule has 1 heterocycles. The lowest BCUT2D eigenvalue weighted by Gasteiger charge is -2.18. The number of hydrogen-bond donors (Lipinski definition) is 1. The maximum Gasteiger partial charge on any atom is 0.0963 e. The monoisotopic (exact) mass is 260 g/mol. The van der Waals surface area contributed by atoms with Crippen molar-refractivity contribution >= 4 is 12.6 Å². The molecule has 0 bridgehead atoms. The molecule has 0 radical (unpaired) electrons. The van der Waals surface area contributed by atoms with Gasteiger partial charge in [-0.2, -0.15) is 17.7 Å². The van der Waals surface area contributed by atoms with Crippen LogP contribution in [0, 0.1) is 6.92 Å². The lowest BCUT2D eigenvalue weighted by atomic mass is 10.1. The molecule has 1 aromatic heterocycles. The molecular formula is C15H20N2S. The smallest absolute Gasteiger partial charge is 0.0963 e. The first-order chi connectivity index (χ1) is 8.41. The van der Waals surface area contributed by atoms with Crippen LogP contribution in [0.5, 0.6) is 0 Å². The van der Waals surface area contributed by atoms with Crippen LogP contribution in [-0.4, -0.2) is 9.78 Å². The quantitative estimate of drug-likeness (QED) is 0.807. The van der Waals surface area contributed by atoms with E-state index in [0.717, 1.165) is 11.3 Å². The molecule has 0 amide bonds. The Hall–Kier alpha value is -1.22. The van der Waals surface area contributed by atoms with Crippen LogP contribution in [-0.2, 0) is 11.3 Å². The molecular weight excluding hydrogens is 240 g/mol. The topological polar surface area (TPSA) is 17.8 Å². The molecule has 3 heteroatoms. The molecule has 0 aliphatic carbocycles. The van der Waals surface area contributed by atoms with Gasteiger partial charge in [0, 0.05) is 23.1 Å². The minimum atomic E-state index is 0.000640. The van der Waals surface area contributed by atoms with Gasteiger partial charge in [-0.25, -0.2) is 0 Å². The molecule has 0 unspecified atom stereocenters. The van der Waals surface area contributed by atoms with Gasteiger partial charge in [0.1, 0.15) is 0 Å². The van der Waals surface area contributed by atoms with Gasteiger partial charge in [-0.05, 0) is 27.7 Å². The fourth-order valence-corrected chi connectivity index (χ4v) is 2.05. The highest BCUT2D eigenvalue weighted by Crippen LogP contribution is 2.26. The third-order valence-corrected chi connectivity index (χ3v) is 3.31. The zero-order chi connectivity index (χ0) is 13.3. The summed E-state index contributed by atoms with van der Waals surface area (Å²) in [5.74, 6) is 0.708. The molecule has 0 aliphatic heterocycles. The predicted octanol–water partition coefficient (Wildman–Crippen LogP) is 4.04. The van der Waals surface area contributed by atoms with Crippen molar-refractivity contribution in [2.45, 2.75) is 39.0 Å². The summed E-state index contributed by atoms with van der Waals surface area (Å²) in [6, 6.07) is 8.48. The van der Waals surface area contributed by atoms with E-state index < -0.39 is 0 Å². The van der Waals surface area contributed by atoms with Crippen LogP contribution in [0.15, 0.2) is 30.5 Å². The molecule has 96 valence electrons. The van der Waals surface area contributed by atoms with Crippen LogP contribution in [0.3, 0.4) is 0 Å². The first-order valence-corrected chi connectivity index (χ1v) is 6.82. The maximum atomic E-state index is 4.72. The van der Waals surface area contributed by atoms with E-state index in [0.29, 0.717) is 5.75 Å². The van der Waals surface area contributed by atoms with Crippen LogP contribution >= 0.6 is 12.6 Å². The number of thiol groups is 1. The molecule has 18 heavy (non-hydrogen) atoms. The molecule has 0 aliphatic rings. The molecule has 2 nitrogen and oxygen atoms in total. The van der Waals surface area contributed by atoms with E-state index in [9.17, 15) is 0 Å². The second-order valence-corrected chi connectivity index (χ2v) is 5.96. The standard InChI is InChI=1S/C15H20N2S/c1-11-5-7-12(8-6-11)14-13(10-18)9-17(16-14)15(2,3)4/h5-9,18H,10H2,1-4H3. The Morgan fingerprint density at radius 1 is 1.17 bits per heavy atom. The molecule has 2 rings (SSSR count). The number of aromatic nitrogens is 2. The Bertz CT molecular complexity index is 533. The highest BCUT2D eigenvalue weighted by molar-refractivity contribution is 7.79. The number of aryl methyl sites for hydroxylation is 1. The average Bonchev–Trinajstić information content (AvgIpc) is 2.73. The molecule has 0 atom stereocenters. The number of benzene rings is 1. The average molecular weight is 260 g/mol. The van der Waals surface area contributed by atoms with Crippen molar-refractivity contribution in [1.29, 1.82) is 0 Å². The molecule has 0 fully saturated rings. The summed E-state index contributed by atoms with van der Waals surface area (Å²) in [7, 11) is 0. The first-order valence-electron chi connectivity index (χ1n) is 6.19. The summed E-state index contributed by atoms with van der Waals surface area (Å²) < 4.78 is 2.02. The molecule has 0 N–H and O–H groups in total. The Kier molecular flexibility index (Phi) is 3.53. The van der Waals surface area contributed by atoms with Crippen molar-refractivity contribution in [3.05, 3.63) is 41.6 Å². The third-order valence-electron chi connectivity index (χ3n) is 2.97. The Morgan fingerprint density at radius 2 is 1.78 bits per heavy atom. The van der Waals surface area contributed by atoms with E-state index in [1.165, 1.54) is 11.1 Å². The highest BCUT2D eigenvalue weighted by Gasteiger charge is 2.18. The normalized spacial score (nSPS) is 11.8. The molecule has 0 spiro atoms. The summed E-state index contributed by atoms with van der Waals surface area (Å²) >= 11 is 4.41. The second kappa shape index (κ2) is 4.81. The first kappa shape index (κ1) is 13.2. The van der Waals surface area contributed by atoms with Crippen LogP contribution in [0.1, 0.15) is 31.9 Å². The SMILES string of the molecule is Cc1ccc(-c2nn(C(C)(C)C)cc2CS)cc1. The van der Waals surface area contributed by atoms with Gasteiger partial charge in [0.05, 0.1) is 11.2 Å². The summed E-state index contributed by atoms with van der Waals surface area (Å²) in [5.41, 5.74) is 4.65. The van der Waals surface area contributed by atoms with Crippen molar-refractivity contribution in [1.82, 2.24) is 9.78 Å². The fourth-order valence-electron chi connectivity index (χ4n) is 1.82. The van der Waals surface area contributed by atoms with Gasteiger partial charge >= 0.3 is 0 Å². The number of rotatable bonds is 2. The maximum absolute atomic E-state index is 4.72. The number of hydrogen-bond acceptors (Lipinski definition) is 2. The molecule has 0 saturated carbocycles. The molecule has 0 saturated heterocycles. The van der Waals surface area contributed by atoms with E-state index in [-0.39, 0.29) is 5.54 Å². The van der Waals surface area contributed by atoms with E-state index >= 15 is 0 Å². The van der Waals surface area contributed by atoms with Gasteiger partial charge < -0.3 is 0 Å². The lowest BCUT2D eigenvalue weighted by molar-refractivity contribution is 0.356. The van der Waals surface area contributed by atoms with Gasteiger partial charge in [-0.1, -0.05) is 29.8 Å². The van der Waals surface area contributed by atoms with Crippen molar-refractivity contribution < 1.29 is 0 Å². The van der Waals surface area contributed by atoms with E-state index in [1.807, 2.05) is 4.68 Å². The fraction of sp³-hybridized carbons (Fsp3) is 0.400. The van der Waals surface area contributed by atoms with Crippen LogP contribution in [0.2, 0.25) is 0 Å². The predicted molar refractivity (Wildman–Crippen MR) is 80.1 cm³/mol. The van der Waals surface area contributed by atoms with Crippen LogP contribution in [0.25, 0.3) is 11.3 Å². The summed E-state index contributed by atoms with van der Waals surface area (Å²) in [5, 5.41) is 4.72. The van der Waals surface area contributed by atoms with Crippen molar-refractivity contribution in [3.63, 3.8) is 0 Å². The summed E-state index contributed by atoms with van der Waals surface area (Å²) in [6.45, 7) is 8.56. The van der Waals surface area contributed by atoms with Crippen molar-refractivity contribution in [2.75, 3.05) is 0 Å². The van der Waals surface area contributed by atoms with Gasteiger partial charge in [0.25, 0.3) is 0 Å². The second-order valence-electron chi connectivity index (χ2n) is 5.64. The summed E-state index contributed by atoms with van der Waals surface area (Å²) in [6.07, 6.45) is 2.10. The Balaban J connectivity index is 2.50. The van der Waals surface area contributed by atoms with Crippen molar-refractivity contribution in [3.8, 4) is 11.3 Å². The van der Waals surface area contributed by atoms with E-state index in [2.05, 4.69) is 70.8 Å². The third kappa shape index (κ3) is 2.61. The minimum Gasteiger partial charge on any atom is -0.267 e. The van der Waals surface area contributed by atoms with E-state index in [1.54, 1.807) is 0 Å². The zero-order valence-corrected chi connectivity index (χ0v) is 12.3. The highest BCUT2D eigenvalue weighted by atomic mass is 32.1. The van der Waals surface area contributed by atoms with Crippen LogP contribution < -0.4 is 0 Å². The van der Waals surface area contributed by atoms with Gasteiger partial charge in [0.15, 0.2) is 0 Å². The number of nitrogens with zero attached hydrogens (tertiary/aromatic N) is 2. The lowest BCUT2D eigenvalue weighted by Crippen LogP contribution is -2.22. The Morgan fingerprint density at radius 3 is 2.28 bits per heavy atom. The molecule has 2 aromatic rings. The van der Waals surface area contributed by atoms with Gasteiger partial charge in [-0.15, -0.1) is 0 Å². The van der Waals surface area contributed by atoms with Crippen molar-refractivity contribution in [2.24, 2.45) is 0 Å². The van der Waals surface area contributed by atoms with Crippen LogP contribution in [0.4, 0.5) is 0 Å². The molecule has 1 aromatic carbocycles. The Labute approximate surface area is 114 Å². The van der Waals surface area contributed by atoms with E-state index in [4.69, 9.17) is 5.10 Å². The summed E-state index contributed by atoms with van der Waals surface area (Å²) in [4.78, 5) is 0. The van der Waals surface area contributed by atoms with Gasteiger partial charge in [0.2, 0.25) is 0 Å². The zero-order valence-electron chi connectivity index (χ0n) is 11.4. The minimum absolute atomic E-state index is 0.000640. The largest absolute Gasteiger partial charge is 0.267 e. The van der Waals surface area contributed by atoms with Gasteiger partial charge in [-0.3, -0.25) is 4.68 Å².